The Hall–Kier alpha value is -1.39. The van der Waals surface area contributed by atoms with E-state index in [9.17, 15) is 4.79 Å². The molecule has 3 rings (SSSR count). The van der Waals surface area contributed by atoms with Gasteiger partial charge in [-0.2, -0.15) is 0 Å². The summed E-state index contributed by atoms with van der Waals surface area (Å²) in [7, 11) is 0. The Labute approximate surface area is 152 Å². The van der Waals surface area contributed by atoms with Crippen molar-refractivity contribution in [3.8, 4) is 0 Å². The second-order valence-corrected chi connectivity index (χ2v) is 8.49. The fourth-order valence-corrected chi connectivity index (χ4v) is 4.37. The van der Waals surface area contributed by atoms with E-state index in [2.05, 4.69) is 35.8 Å². The number of carbonyl (C=O) groups is 1. The Bertz CT molecular complexity index is 566. The topological polar surface area (TPSA) is 49.6 Å². The Morgan fingerprint density at radius 3 is 2.48 bits per heavy atom. The van der Waals surface area contributed by atoms with Crippen molar-refractivity contribution < 1.29 is 4.79 Å². The molecule has 1 aromatic rings. The summed E-state index contributed by atoms with van der Waals surface area (Å²) in [6.07, 6.45) is 6.97. The number of hydrogen-bond acceptors (Lipinski definition) is 3. The first-order chi connectivity index (χ1) is 12.0. The van der Waals surface area contributed by atoms with Gasteiger partial charge in [0, 0.05) is 30.9 Å². The van der Waals surface area contributed by atoms with Crippen molar-refractivity contribution in [2.24, 2.45) is 11.1 Å². The average Bonchev–Trinajstić information content (AvgIpc) is 2.60. The Morgan fingerprint density at radius 1 is 1.16 bits per heavy atom. The highest BCUT2D eigenvalue weighted by Crippen LogP contribution is 2.30. The number of anilines is 1. The van der Waals surface area contributed by atoms with Crippen molar-refractivity contribution >= 4 is 11.6 Å². The molecule has 1 amide bonds. The number of carbonyl (C=O) groups excluding carboxylic acids is 1. The highest BCUT2D eigenvalue weighted by molar-refractivity contribution is 5.95. The minimum absolute atomic E-state index is 0.0704. The van der Waals surface area contributed by atoms with Gasteiger partial charge in [-0.1, -0.05) is 51.3 Å². The summed E-state index contributed by atoms with van der Waals surface area (Å²) in [5.74, 6) is 0.240. The molecule has 2 N–H and O–H groups in total. The number of amides is 1. The van der Waals surface area contributed by atoms with E-state index in [1.807, 2.05) is 18.2 Å². The first kappa shape index (κ1) is 18.4. The highest BCUT2D eigenvalue weighted by atomic mass is 16.2. The molecule has 1 saturated heterocycles. The molecule has 25 heavy (non-hydrogen) atoms. The molecule has 0 spiro atoms. The maximum Gasteiger partial charge on any atom is 0.241 e. The van der Waals surface area contributed by atoms with E-state index < -0.39 is 0 Å². The van der Waals surface area contributed by atoms with Gasteiger partial charge in [0.15, 0.2) is 0 Å². The number of nitrogens with zero attached hydrogens (tertiary/aromatic N) is 2. The summed E-state index contributed by atoms with van der Waals surface area (Å²) in [5, 5.41) is 0. The van der Waals surface area contributed by atoms with Gasteiger partial charge in [0.25, 0.3) is 0 Å². The van der Waals surface area contributed by atoms with Gasteiger partial charge in [-0.05, 0) is 36.8 Å². The first-order valence-electron chi connectivity index (χ1n) is 9.82. The Morgan fingerprint density at radius 2 is 1.84 bits per heavy atom. The van der Waals surface area contributed by atoms with E-state index in [0.29, 0.717) is 12.6 Å². The molecule has 1 unspecified atom stereocenters. The molecule has 2 aliphatic rings. The van der Waals surface area contributed by atoms with E-state index in [4.69, 9.17) is 5.73 Å². The van der Waals surface area contributed by atoms with Crippen LogP contribution in [0.4, 0.5) is 5.69 Å². The number of piperidine rings is 1. The predicted molar refractivity (Wildman–Crippen MR) is 104 cm³/mol. The van der Waals surface area contributed by atoms with Crippen LogP contribution < -0.4 is 10.6 Å². The van der Waals surface area contributed by atoms with Crippen molar-refractivity contribution in [1.82, 2.24) is 4.90 Å². The second kappa shape index (κ2) is 7.88. The summed E-state index contributed by atoms with van der Waals surface area (Å²) in [6.45, 7) is 6.74. The Balaban J connectivity index is 1.73. The van der Waals surface area contributed by atoms with E-state index in [0.717, 1.165) is 38.0 Å². The largest absolute Gasteiger partial charge is 0.327 e. The Kier molecular flexibility index (Phi) is 5.80. The fraction of sp³-hybridized carbons (Fsp3) is 0.667. The van der Waals surface area contributed by atoms with E-state index in [1.54, 1.807) is 0 Å². The third-order valence-corrected chi connectivity index (χ3v) is 5.99. The zero-order valence-electron chi connectivity index (χ0n) is 15.8. The van der Waals surface area contributed by atoms with Crippen LogP contribution in [0.15, 0.2) is 30.3 Å². The fourth-order valence-electron chi connectivity index (χ4n) is 4.37. The third-order valence-electron chi connectivity index (χ3n) is 5.99. The standard InChI is InChI=1S/C21H33N3O/c1-21(2)16-23(14-13-19(21)22)15-20(25)24(17-9-5-3-6-10-17)18-11-7-4-8-12-18/h3,5-6,9-10,18-19H,4,7-8,11-16,22H2,1-2H3. The van der Waals surface area contributed by atoms with Gasteiger partial charge in [0.2, 0.25) is 5.91 Å². The lowest BCUT2D eigenvalue weighted by atomic mass is 9.80. The highest BCUT2D eigenvalue weighted by Gasteiger charge is 2.35. The molecule has 0 bridgehead atoms. The molecule has 1 saturated carbocycles. The number of para-hydroxylation sites is 1. The lowest BCUT2D eigenvalue weighted by Gasteiger charge is -2.43. The zero-order chi connectivity index (χ0) is 17.9. The molecule has 1 atom stereocenters. The van der Waals surface area contributed by atoms with Crippen molar-refractivity contribution in [2.75, 3.05) is 24.5 Å². The van der Waals surface area contributed by atoms with Gasteiger partial charge >= 0.3 is 0 Å². The molecule has 1 aliphatic heterocycles. The number of rotatable bonds is 4. The van der Waals surface area contributed by atoms with Crippen LogP contribution in [0.5, 0.6) is 0 Å². The molecule has 1 aliphatic carbocycles. The summed E-state index contributed by atoms with van der Waals surface area (Å²) < 4.78 is 0. The molecule has 4 nitrogen and oxygen atoms in total. The van der Waals surface area contributed by atoms with Gasteiger partial charge in [-0.15, -0.1) is 0 Å². The van der Waals surface area contributed by atoms with Crippen LogP contribution in [0.2, 0.25) is 0 Å². The van der Waals surface area contributed by atoms with Gasteiger partial charge in [0.1, 0.15) is 0 Å². The van der Waals surface area contributed by atoms with Gasteiger partial charge in [-0.3, -0.25) is 9.69 Å². The summed E-state index contributed by atoms with van der Waals surface area (Å²) in [5.41, 5.74) is 7.37. The van der Waals surface area contributed by atoms with Crippen LogP contribution in [0.3, 0.4) is 0 Å². The number of benzene rings is 1. The number of nitrogens with two attached hydrogens (primary N) is 1. The molecule has 0 radical (unpaired) electrons. The van der Waals surface area contributed by atoms with Crippen LogP contribution in [0.25, 0.3) is 0 Å². The van der Waals surface area contributed by atoms with Gasteiger partial charge < -0.3 is 10.6 Å². The monoisotopic (exact) mass is 343 g/mol. The maximum absolute atomic E-state index is 13.3. The van der Waals surface area contributed by atoms with Crippen LogP contribution >= 0.6 is 0 Å². The zero-order valence-corrected chi connectivity index (χ0v) is 15.8. The quantitative estimate of drug-likeness (QED) is 0.911. The van der Waals surface area contributed by atoms with E-state index in [1.165, 1.54) is 19.3 Å². The minimum atomic E-state index is 0.0704. The molecule has 138 valence electrons. The SMILES string of the molecule is CC1(C)CN(CC(=O)N(c2ccccc2)C2CCCCC2)CCC1N. The smallest absolute Gasteiger partial charge is 0.241 e. The lowest BCUT2D eigenvalue weighted by molar-refractivity contribution is -0.121. The molecule has 2 fully saturated rings. The van der Waals surface area contributed by atoms with Crippen LogP contribution in [-0.2, 0) is 4.79 Å². The van der Waals surface area contributed by atoms with E-state index in [-0.39, 0.29) is 17.4 Å². The molecule has 1 aromatic carbocycles. The molecule has 0 aromatic heterocycles. The van der Waals surface area contributed by atoms with Crippen LogP contribution in [-0.4, -0.2) is 42.5 Å². The van der Waals surface area contributed by atoms with Crippen molar-refractivity contribution in [2.45, 2.75) is 64.5 Å². The van der Waals surface area contributed by atoms with Gasteiger partial charge in [-0.25, -0.2) is 0 Å². The average molecular weight is 344 g/mol. The summed E-state index contributed by atoms with van der Waals surface area (Å²) >= 11 is 0. The minimum Gasteiger partial charge on any atom is -0.327 e. The first-order valence-corrected chi connectivity index (χ1v) is 9.82. The molecule has 4 heteroatoms. The predicted octanol–water partition coefficient (Wildman–Crippen LogP) is 3.41. The van der Waals surface area contributed by atoms with Crippen molar-refractivity contribution in [1.29, 1.82) is 0 Å². The van der Waals surface area contributed by atoms with Crippen molar-refractivity contribution in [3.63, 3.8) is 0 Å². The maximum atomic E-state index is 13.3. The van der Waals surface area contributed by atoms with Crippen LogP contribution in [0.1, 0.15) is 52.4 Å². The molecular formula is C21H33N3O. The second-order valence-electron chi connectivity index (χ2n) is 8.49. The normalized spacial score (nSPS) is 24.8. The van der Waals surface area contributed by atoms with E-state index >= 15 is 0 Å². The third kappa shape index (κ3) is 4.42. The van der Waals surface area contributed by atoms with Gasteiger partial charge in [0.05, 0.1) is 6.54 Å². The summed E-state index contributed by atoms with van der Waals surface area (Å²) in [4.78, 5) is 17.6. The van der Waals surface area contributed by atoms with Crippen molar-refractivity contribution in [3.05, 3.63) is 30.3 Å². The lowest BCUT2D eigenvalue weighted by Crippen LogP contribution is -2.55. The molecular weight excluding hydrogens is 310 g/mol. The number of hydrogen-bond donors (Lipinski definition) is 1. The summed E-state index contributed by atoms with van der Waals surface area (Å²) in [6, 6.07) is 10.8. The number of likely N-dealkylation sites (tertiary alicyclic amines) is 1. The van der Waals surface area contributed by atoms with Crippen LogP contribution in [0, 0.1) is 5.41 Å². The molecule has 1 heterocycles.